The average molecular weight is 372 g/mol. The first kappa shape index (κ1) is 18.5. The number of rotatable bonds is 5. The minimum Gasteiger partial charge on any atom is -0.466 e. The van der Waals surface area contributed by atoms with Crippen LogP contribution in [0.3, 0.4) is 0 Å². The Hall–Kier alpha value is -2.28. The molecule has 0 radical (unpaired) electrons. The smallest absolute Gasteiger partial charge is 0.310 e. The van der Waals surface area contributed by atoms with Crippen LogP contribution in [0, 0.1) is 12.8 Å². The van der Waals surface area contributed by atoms with Crippen LogP contribution in [0.25, 0.3) is 0 Å². The van der Waals surface area contributed by atoms with Crippen molar-refractivity contribution < 1.29 is 9.53 Å². The highest BCUT2D eigenvalue weighted by atomic mass is 32.2. The Balaban J connectivity index is 1.78. The van der Waals surface area contributed by atoms with Crippen molar-refractivity contribution in [3.05, 3.63) is 36.2 Å². The molecule has 1 aromatic heterocycles. The van der Waals surface area contributed by atoms with Gasteiger partial charge in [0.15, 0.2) is 5.82 Å². The van der Waals surface area contributed by atoms with Gasteiger partial charge in [-0.3, -0.25) is 4.79 Å². The molecule has 0 aliphatic carbocycles. The van der Waals surface area contributed by atoms with Crippen LogP contribution in [0.2, 0.25) is 0 Å². The molecule has 0 bridgehead atoms. The lowest BCUT2D eigenvalue weighted by Gasteiger charge is -2.33. The van der Waals surface area contributed by atoms with Crippen molar-refractivity contribution in [3.8, 4) is 0 Å². The standard InChI is InChI=1S/C19H24N4O2S/c1-3-25-19(24)14-5-4-10-23(11-14)17-16(20)18(22-12-21-17)26-15-8-6-13(2)7-9-15/h6-9,12,14H,3-5,10-11,20H2,1-2H3. The molecule has 0 saturated carbocycles. The first-order valence-electron chi connectivity index (χ1n) is 8.85. The number of ether oxygens (including phenoxy) is 1. The normalized spacial score (nSPS) is 17.2. The summed E-state index contributed by atoms with van der Waals surface area (Å²) in [5.74, 6) is 0.425. The van der Waals surface area contributed by atoms with Crippen molar-refractivity contribution in [1.82, 2.24) is 9.97 Å². The second-order valence-electron chi connectivity index (χ2n) is 6.37. The van der Waals surface area contributed by atoms with Gasteiger partial charge in [-0.15, -0.1) is 0 Å². The van der Waals surface area contributed by atoms with Gasteiger partial charge in [0.1, 0.15) is 17.0 Å². The van der Waals surface area contributed by atoms with E-state index < -0.39 is 0 Å². The van der Waals surface area contributed by atoms with Gasteiger partial charge in [-0.2, -0.15) is 0 Å². The largest absolute Gasteiger partial charge is 0.466 e. The summed E-state index contributed by atoms with van der Waals surface area (Å²) >= 11 is 1.52. The predicted octanol–water partition coefficient (Wildman–Crippen LogP) is 3.30. The summed E-state index contributed by atoms with van der Waals surface area (Å²) in [7, 11) is 0. The summed E-state index contributed by atoms with van der Waals surface area (Å²) in [6, 6.07) is 8.24. The van der Waals surface area contributed by atoms with E-state index in [0.29, 0.717) is 24.7 Å². The fourth-order valence-corrected chi connectivity index (χ4v) is 3.84. The van der Waals surface area contributed by atoms with Gasteiger partial charge >= 0.3 is 5.97 Å². The number of nitrogens with two attached hydrogens (primary N) is 1. The van der Waals surface area contributed by atoms with Crippen molar-refractivity contribution in [3.63, 3.8) is 0 Å². The zero-order valence-electron chi connectivity index (χ0n) is 15.1. The van der Waals surface area contributed by atoms with Crippen LogP contribution in [0.4, 0.5) is 11.5 Å². The Bertz CT molecular complexity index is 767. The molecule has 7 heteroatoms. The van der Waals surface area contributed by atoms with Gasteiger partial charge in [-0.1, -0.05) is 29.5 Å². The molecule has 26 heavy (non-hydrogen) atoms. The Morgan fingerprint density at radius 2 is 2.12 bits per heavy atom. The van der Waals surface area contributed by atoms with Crippen LogP contribution in [0.15, 0.2) is 40.5 Å². The Morgan fingerprint density at radius 1 is 1.35 bits per heavy atom. The highest BCUT2D eigenvalue weighted by Gasteiger charge is 2.29. The second kappa shape index (κ2) is 8.40. The van der Waals surface area contributed by atoms with Gasteiger partial charge in [0.2, 0.25) is 0 Å². The Kier molecular flexibility index (Phi) is 5.98. The minimum atomic E-state index is -0.140. The number of esters is 1. The highest BCUT2D eigenvalue weighted by Crippen LogP contribution is 2.35. The average Bonchev–Trinajstić information content (AvgIpc) is 2.65. The van der Waals surface area contributed by atoms with Gasteiger partial charge in [0.25, 0.3) is 0 Å². The van der Waals surface area contributed by atoms with E-state index in [1.165, 1.54) is 23.7 Å². The van der Waals surface area contributed by atoms with Crippen LogP contribution in [-0.4, -0.2) is 35.6 Å². The molecule has 6 nitrogen and oxygen atoms in total. The molecule has 0 amide bonds. The number of anilines is 2. The maximum Gasteiger partial charge on any atom is 0.310 e. The maximum atomic E-state index is 12.1. The third kappa shape index (κ3) is 4.27. The third-order valence-electron chi connectivity index (χ3n) is 4.40. The number of piperidine rings is 1. The predicted molar refractivity (Wildman–Crippen MR) is 103 cm³/mol. The third-order valence-corrected chi connectivity index (χ3v) is 5.43. The fourth-order valence-electron chi connectivity index (χ4n) is 3.04. The summed E-state index contributed by atoms with van der Waals surface area (Å²) in [5.41, 5.74) is 8.14. The number of aryl methyl sites for hydroxylation is 1. The molecule has 1 saturated heterocycles. The summed E-state index contributed by atoms with van der Waals surface area (Å²) in [6.07, 6.45) is 3.29. The second-order valence-corrected chi connectivity index (χ2v) is 7.43. The van der Waals surface area contributed by atoms with Crippen LogP contribution in [-0.2, 0) is 9.53 Å². The van der Waals surface area contributed by atoms with E-state index in [2.05, 4.69) is 46.1 Å². The van der Waals surface area contributed by atoms with E-state index in [1.54, 1.807) is 0 Å². The van der Waals surface area contributed by atoms with Crippen molar-refractivity contribution in [2.75, 3.05) is 30.3 Å². The SMILES string of the molecule is CCOC(=O)C1CCCN(c2ncnc(Sc3ccc(C)cc3)c2N)C1. The summed E-state index contributed by atoms with van der Waals surface area (Å²) < 4.78 is 5.17. The number of carbonyl (C=O) groups excluding carboxylic acids is 1. The molecule has 0 spiro atoms. The molecule has 1 fully saturated rings. The minimum absolute atomic E-state index is 0.133. The zero-order valence-corrected chi connectivity index (χ0v) is 16.0. The van der Waals surface area contributed by atoms with Crippen LogP contribution in [0.5, 0.6) is 0 Å². The molecule has 2 aromatic rings. The molecule has 1 aliphatic heterocycles. The lowest BCUT2D eigenvalue weighted by Crippen LogP contribution is -2.40. The van der Waals surface area contributed by atoms with Gasteiger partial charge < -0.3 is 15.4 Å². The fraction of sp³-hybridized carbons (Fsp3) is 0.421. The van der Waals surface area contributed by atoms with Gasteiger partial charge in [-0.25, -0.2) is 9.97 Å². The molecule has 2 heterocycles. The molecule has 138 valence electrons. The van der Waals surface area contributed by atoms with Crippen molar-refractivity contribution in [2.45, 2.75) is 36.6 Å². The molecular formula is C19H24N4O2S. The van der Waals surface area contributed by atoms with Crippen LogP contribution < -0.4 is 10.6 Å². The summed E-state index contributed by atoms with van der Waals surface area (Å²) in [4.78, 5) is 24.0. The monoisotopic (exact) mass is 372 g/mol. The van der Waals surface area contributed by atoms with E-state index in [4.69, 9.17) is 10.5 Å². The highest BCUT2D eigenvalue weighted by molar-refractivity contribution is 7.99. The number of aromatic nitrogens is 2. The van der Waals surface area contributed by atoms with Crippen molar-refractivity contribution >= 4 is 29.2 Å². The quantitative estimate of drug-likeness (QED) is 0.637. The molecule has 1 aromatic carbocycles. The van der Waals surface area contributed by atoms with Crippen molar-refractivity contribution in [2.24, 2.45) is 5.92 Å². The van der Waals surface area contributed by atoms with Crippen LogP contribution in [0.1, 0.15) is 25.3 Å². The lowest BCUT2D eigenvalue weighted by atomic mass is 9.98. The van der Waals surface area contributed by atoms with E-state index >= 15 is 0 Å². The van der Waals surface area contributed by atoms with Gasteiger partial charge in [0.05, 0.1) is 12.5 Å². The maximum absolute atomic E-state index is 12.1. The number of nitrogen functional groups attached to an aromatic ring is 1. The molecule has 1 unspecified atom stereocenters. The van der Waals surface area contributed by atoms with Gasteiger partial charge in [0, 0.05) is 18.0 Å². The summed E-state index contributed by atoms with van der Waals surface area (Å²) in [6.45, 7) is 5.69. The van der Waals surface area contributed by atoms with Gasteiger partial charge in [-0.05, 0) is 38.8 Å². The Morgan fingerprint density at radius 3 is 2.85 bits per heavy atom. The first-order chi connectivity index (χ1) is 12.6. The van der Waals surface area contributed by atoms with Crippen molar-refractivity contribution in [1.29, 1.82) is 0 Å². The van der Waals surface area contributed by atoms with Crippen LogP contribution >= 0.6 is 11.8 Å². The summed E-state index contributed by atoms with van der Waals surface area (Å²) in [5, 5.41) is 0.733. The Labute approximate surface area is 158 Å². The number of hydrogen-bond acceptors (Lipinski definition) is 7. The van der Waals surface area contributed by atoms with E-state index in [1.807, 2.05) is 6.92 Å². The molecular weight excluding hydrogens is 348 g/mol. The first-order valence-corrected chi connectivity index (χ1v) is 9.66. The number of hydrogen-bond donors (Lipinski definition) is 1. The molecule has 1 aliphatic rings. The lowest BCUT2D eigenvalue weighted by molar-refractivity contribution is -0.148. The molecule has 2 N–H and O–H groups in total. The van der Waals surface area contributed by atoms with E-state index in [0.717, 1.165) is 29.3 Å². The number of nitrogens with zero attached hydrogens (tertiary/aromatic N) is 3. The number of carbonyl (C=O) groups is 1. The van der Waals surface area contributed by atoms with E-state index in [9.17, 15) is 4.79 Å². The van der Waals surface area contributed by atoms with E-state index in [-0.39, 0.29) is 11.9 Å². The molecule has 3 rings (SSSR count). The topological polar surface area (TPSA) is 81.3 Å². The number of benzene rings is 1. The molecule has 1 atom stereocenters. The zero-order chi connectivity index (χ0) is 18.5.